The molecule has 68 valence electrons. The molecule has 1 aromatic rings. The van der Waals surface area contributed by atoms with E-state index in [-0.39, 0.29) is 5.56 Å². The minimum Gasteiger partial charge on any atom is -0.478 e. The lowest BCUT2D eigenvalue weighted by atomic mass is 10.0. The highest BCUT2D eigenvalue weighted by molar-refractivity contribution is 5.91. The van der Waals surface area contributed by atoms with Crippen LogP contribution in [-0.4, -0.2) is 11.1 Å². The molecule has 3 N–H and O–H groups in total. The first-order valence-electron chi connectivity index (χ1n) is 3.91. The van der Waals surface area contributed by atoms with Gasteiger partial charge in [-0.05, 0) is 23.3 Å². The molecule has 0 aromatic heterocycles. The lowest BCUT2D eigenvalue weighted by molar-refractivity contribution is 0.0692. The quantitative estimate of drug-likeness (QED) is 0.631. The monoisotopic (exact) mass is 179 g/mol. The zero-order valence-corrected chi connectivity index (χ0v) is 6.91. The summed E-state index contributed by atoms with van der Waals surface area (Å²) in [5.74, 6) is -0.950. The molecule has 1 aromatic carbocycles. The van der Waals surface area contributed by atoms with Gasteiger partial charge in [0.25, 0.3) is 0 Å². The second-order valence-electron chi connectivity index (χ2n) is 3.00. The smallest absolute Gasteiger partial charge is 0.336 e. The van der Waals surface area contributed by atoms with E-state index in [0.29, 0.717) is 18.9 Å². The third kappa shape index (κ3) is 1.25. The molecule has 0 bridgehead atoms. The summed E-state index contributed by atoms with van der Waals surface area (Å²) < 4.78 is 5.14. The highest BCUT2D eigenvalue weighted by atomic mass is 16.5. The zero-order chi connectivity index (χ0) is 9.42. The van der Waals surface area contributed by atoms with Gasteiger partial charge in [0.15, 0.2) is 0 Å². The summed E-state index contributed by atoms with van der Waals surface area (Å²) in [6, 6.07) is 3.23. The number of rotatable bonds is 1. The van der Waals surface area contributed by atoms with Gasteiger partial charge in [-0.2, -0.15) is 0 Å². The maximum absolute atomic E-state index is 10.8. The van der Waals surface area contributed by atoms with Gasteiger partial charge in [0.05, 0.1) is 18.8 Å². The van der Waals surface area contributed by atoms with Gasteiger partial charge >= 0.3 is 5.97 Å². The molecule has 13 heavy (non-hydrogen) atoms. The van der Waals surface area contributed by atoms with Crippen LogP contribution in [-0.2, 0) is 18.0 Å². The topological polar surface area (TPSA) is 72.6 Å². The number of carboxylic acids is 1. The van der Waals surface area contributed by atoms with E-state index in [0.717, 1.165) is 11.1 Å². The van der Waals surface area contributed by atoms with E-state index in [4.69, 9.17) is 15.6 Å². The molecule has 0 fully saturated rings. The van der Waals surface area contributed by atoms with Gasteiger partial charge in [-0.3, -0.25) is 0 Å². The fourth-order valence-corrected chi connectivity index (χ4v) is 1.51. The van der Waals surface area contributed by atoms with E-state index in [1.807, 2.05) is 0 Å². The Bertz CT molecular complexity index is 373. The van der Waals surface area contributed by atoms with Gasteiger partial charge < -0.3 is 15.6 Å². The summed E-state index contributed by atoms with van der Waals surface area (Å²) in [4.78, 5) is 10.8. The molecule has 0 saturated carbocycles. The molecule has 0 spiro atoms. The number of anilines is 1. The highest BCUT2D eigenvalue weighted by Crippen LogP contribution is 2.26. The van der Waals surface area contributed by atoms with Crippen molar-refractivity contribution < 1.29 is 14.6 Å². The van der Waals surface area contributed by atoms with Crippen LogP contribution in [0.2, 0.25) is 0 Å². The highest BCUT2D eigenvalue weighted by Gasteiger charge is 2.19. The largest absolute Gasteiger partial charge is 0.478 e. The molecule has 1 aliphatic rings. The normalized spacial score (nSPS) is 14.2. The van der Waals surface area contributed by atoms with Gasteiger partial charge in [0.2, 0.25) is 0 Å². The van der Waals surface area contributed by atoms with Crippen molar-refractivity contribution in [2.24, 2.45) is 0 Å². The molecule has 0 amide bonds. The molecular weight excluding hydrogens is 170 g/mol. The average molecular weight is 179 g/mol. The molecule has 1 aliphatic heterocycles. The number of fused-ring (bicyclic) bond motifs is 1. The number of carboxylic acid groups (broad SMARTS) is 1. The number of hydrogen-bond acceptors (Lipinski definition) is 3. The number of nitrogen functional groups attached to an aromatic ring is 1. The van der Waals surface area contributed by atoms with E-state index in [9.17, 15) is 4.79 Å². The molecule has 4 nitrogen and oxygen atoms in total. The van der Waals surface area contributed by atoms with Gasteiger partial charge in [0.1, 0.15) is 0 Å². The summed E-state index contributed by atoms with van der Waals surface area (Å²) in [5, 5.41) is 8.86. The molecule has 0 radical (unpaired) electrons. The minimum absolute atomic E-state index is 0.257. The van der Waals surface area contributed by atoms with E-state index in [1.54, 1.807) is 6.07 Å². The van der Waals surface area contributed by atoms with Crippen molar-refractivity contribution in [2.75, 3.05) is 5.73 Å². The van der Waals surface area contributed by atoms with E-state index in [2.05, 4.69) is 0 Å². The van der Waals surface area contributed by atoms with Crippen LogP contribution in [0.4, 0.5) is 5.69 Å². The van der Waals surface area contributed by atoms with Crippen LogP contribution in [0, 0.1) is 0 Å². The van der Waals surface area contributed by atoms with Crippen molar-refractivity contribution in [1.82, 2.24) is 0 Å². The van der Waals surface area contributed by atoms with Crippen LogP contribution >= 0.6 is 0 Å². The number of benzene rings is 1. The third-order valence-corrected chi connectivity index (χ3v) is 2.10. The second-order valence-corrected chi connectivity index (χ2v) is 3.00. The molecule has 0 aliphatic carbocycles. The van der Waals surface area contributed by atoms with Gasteiger partial charge in [-0.25, -0.2) is 4.79 Å². The Hall–Kier alpha value is -1.55. The first kappa shape index (κ1) is 8.07. The van der Waals surface area contributed by atoms with E-state index in [1.165, 1.54) is 6.07 Å². The molecule has 0 saturated heterocycles. The third-order valence-electron chi connectivity index (χ3n) is 2.10. The number of nitrogens with two attached hydrogens (primary N) is 1. The maximum atomic E-state index is 10.8. The summed E-state index contributed by atoms with van der Waals surface area (Å²) in [5.41, 5.74) is 7.92. The molecule has 4 heteroatoms. The SMILES string of the molecule is Nc1cc2c(c(C(=O)O)c1)COC2. The predicted molar refractivity (Wildman–Crippen MR) is 46.3 cm³/mol. The summed E-state index contributed by atoms with van der Waals surface area (Å²) >= 11 is 0. The van der Waals surface area contributed by atoms with Crippen LogP contribution in [0.25, 0.3) is 0 Å². The van der Waals surface area contributed by atoms with Gasteiger partial charge in [0, 0.05) is 5.69 Å². The van der Waals surface area contributed by atoms with Crippen molar-refractivity contribution in [3.05, 3.63) is 28.8 Å². The number of carbonyl (C=O) groups is 1. The number of aromatic carboxylic acids is 1. The van der Waals surface area contributed by atoms with Crippen LogP contribution in [0.1, 0.15) is 21.5 Å². The zero-order valence-electron chi connectivity index (χ0n) is 6.91. The van der Waals surface area contributed by atoms with E-state index < -0.39 is 5.97 Å². The fraction of sp³-hybridized carbons (Fsp3) is 0.222. The molecular formula is C9H9NO3. The van der Waals surface area contributed by atoms with Gasteiger partial charge in [-0.1, -0.05) is 0 Å². The van der Waals surface area contributed by atoms with Gasteiger partial charge in [-0.15, -0.1) is 0 Å². The first-order chi connectivity index (χ1) is 6.18. The van der Waals surface area contributed by atoms with Crippen LogP contribution in [0.3, 0.4) is 0 Å². The van der Waals surface area contributed by atoms with Crippen molar-refractivity contribution in [1.29, 1.82) is 0 Å². The lowest BCUT2D eigenvalue weighted by Gasteiger charge is -2.03. The van der Waals surface area contributed by atoms with Crippen LogP contribution in [0.5, 0.6) is 0 Å². The number of hydrogen-bond donors (Lipinski definition) is 2. The first-order valence-corrected chi connectivity index (χ1v) is 3.91. The summed E-state index contributed by atoms with van der Waals surface area (Å²) in [6.45, 7) is 0.831. The minimum atomic E-state index is -0.950. The van der Waals surface area contributed by atoms with E-state index >= 15 is 0 Å². The van der Waals surface area contributed by atoms with Crippen LogP contribution in [0.15, 0.2) is 12.1 Å². The van der Waals surface area contributed by atoms with Crippen LogP contribution < -0.4 is 5.73 Å². The van der Waals surface area contributed by atoms with Crippen molar-refractivity contribution >= 4 is 11.7 Å². The Morgan fingerprint density at radius 3 is 2.92 bits per heavy atom. The second kappa shape index (κ2) is 2.74. The van der Waals surface area contributed by atoms with Crippen molar-refractivity contribution in [2.45, 2.75) is 13.2 Å². The Balaban J connectivity index is 2.62. The molecule has 0 atom stereocenters. The summed E-state index contributed by atoms with van der Waals surface area (Å²) in [7, 11) is 0. The maximum Gasteiger partial charge on any atom is 0.336 e. The Kier molecular flexibility index (Phi) is 1.70. The van der Waals surface area contributed by atoms with Crippen molar-refractivity contribution in [3.63, 3.8) is 0 Å². The predicted octanol–water partition coefficient (Wildman–Crippen LogP) is 0.997. The average Bonchev–Trinajstić information content (AvgIpc) is 2.49. The Labute approximate surface area is 74.9 Å². The Morgan fingerprint density at radius 1 is 1.46 bits per heavy atom. The molecule has 0 unspecified atom stereocenters. The fourth-order valence-electron chi connectivity index (χ4n) is 1.51. The lowest BCUT2D eigenvalue weighted by Crippen LogP contribution is -2.03. The Morgan fingerprint density at radius 2 is 2.23 bits per heavy atom. The summed E-state index contributed by atoms with van der Waals surface area (Å²) in [6.07, 6.45) is 0. The standard InChI is InChI=1S/C9H9NO3/c10-6-1-5-3-13-4-8(5)7(2-6)9(11)12/h1-2H,3-4,10H2,(H,11,12). The molecule has 1 heterocycles. The number of ether oxygens (including phenoxy) is 1. The van der Waals surface area contributed by atoms with Crippen molar-refractivity contribution in [3.8, 4) is 0 Å². The molecule has 2 rings (SSSR count).